The van der Waals surface area contributed by atoms with Crippen molar-refractivity contribution in [2.45, 2.75) is 68.8 Å². The highest BCUT2D eigenvalue weighted by atomic mass is 19.4. The van der Waals surface area contributed by atoms with E-state index in [1.165, 1.54) is 30.3 Å². The first kappa shape index (κ1) is 32.6. The summed E-state index contributed by atoms with van der Waals surface area (Å²) < 4.78 is 59.8. The summed E-state index contributed by atoms with van der Waals surface area (Å²) in [5, 5.41) is 14.1. The number of aliphatic hydroxyl groups excluding tert-OH is 1. The molecule has 45 heavy (non-hydrogen) atoms. The molecule has 0 radical (unpaired) electrons. The average molecular weight is 637 g/mol. The van der Waals surface area contributed by atoms with E-state index in [0.717, 1.165) is 31.8 Å². The van der Waals surface area contributed by atoms with Gasteiger partial charge in [0.25, 0.3) is 0 Å². The molecular weight excluding hydrogens is 601 g/mol. The van der Waals surface area contributed by atoms with Gasteiger partial charge in [-0.1, -0.05) is 12.1 Å². The molecule has 244 valence electrons. The van der Waals surface area contributed by atoms with E-state index in [0.29, 0.717) is 11.1 Å². The van der Waals surface area contributed by atoms with Gasteiger partial charge in [-0.3, -0.25) is 9.59 Å². The number of ether oxygens (including phenoxy) is 4. The van der Waals surface area contributed by atoms with Crippen LogP contribution in [0.3, 0.4) is 0 Å². The van der Waals surface area contributed by atoms with E-state index in [1.807, 2.05) is 0 Å². The number of benzene rings is 1. The van der Waals surface area contributed by atoms with E-state index >= 15 is 0 Å². The Kier molecular flexibility index (Phi) is 9.94. The van der Waals surface area contributed by atoms with Crippen molar-refractivity contribution < 1.29 is 56.4 Å². The normalized spacial score (nSPS) is 24.0. The van der Waals surface area contributed by atoms with Gasteiger partial charge in [-0.05, 0) is 55.5 Å². The van der Waals surface area contributed by atoms with E-state index < -0.39 is 54.7 Å². The largest absolute Gasteiger partial charge is 0.456 e. The van der Waals surface area contributed by atoms with E-state index in [4.69, 9.17) is 19.3 Å². The second kappa shape index (κ2) is 13.7. The Balaban J connectivity index is 1.24. The summed E-state index contributed by atoms with van der Waals surface area (Å²) in [6.45, 7) is -1.69. The van der Waals surface area contributed by atoms with Crippen molar-refractivity contribution in [3.63, 3.8) is 0 Å². The molecule has 1 heterocycles. The van der Waals surface area contributed by atoms with Gasteiger partial charge in [-0.25, -0.2) is 9.59 Å². The monoisotopic (exact) mass is 636 g/mol. The molecule has 3 N–H and O–H groups in total. The maximum absolute atomic E-state index is 13.2. The lowest BCUT2D eigenvalue weighted by atomic mass is 9.91. The van der Waals surface area contributed by atoms with Crippen LogP contribution in [0.5, 0.6) is 0 Å². The molecule has 5 rings (SSSR count). The molecule has 1 aromatic rings. The standard InChI is InChI=1S/C31H35F3N2O9/c32-30(33,34)17-42-26(39)10-3-18-1-4-19(5-2-18)29(41)43-23-15-20(28(40)36-12-11-25(38)35-13-14-37)16-24-27(23)45-31(44-24,21-6-7-21)22-8-9-22/h1-5,10,16,21-24,27,37H,6-9,11-15,17H2,(H,35,38)(H,36,40). The first-order chi connectivity index (χ1) is 21.5. The van der Waals surface area contributed by atoms with Crippen molar-refractivity contribution >= 4 is 29.8 Å². The van der Waals surface area contributed by atoms with Crippen molar-refractivity contribution in [1.29, 1.82) is 0 Å². The fraction of sp³-hybridized carbons (Fsp3) is 0.548. The number of esters is 2. The maximum Gasteiger partial charge on any atom is 0.422 e. The molecule has 3 unspecified atom stereocenters. The second-order valence-electron chi connectivity index (χ2n) is 11.5. The minimum atomic E-state index is -4.63. The lowest BCUT2D eigenvalue weighted by Gasteiger charge is -2.31. The zero-order chi connectivity index (χ0) is 32.2. The number of halogens is 3. The zero-order valence-electron chi connectivity index (χ0n) is 24.3. The summed E-state index contributed by atoms with van der Waals surface area (Å²) in [5.74, 6) is -2.88. The molecule has 1 aromatic carbocycles. The molecule has 1 saturated heterocycles. The predicted molar refractivity (Wildman–Crippen MR) is 150 cm³/mol. The number of amides is 2. The van der Waals surface area contributed by atoms with Gasteiger partial charge in [0.15, 0.2) is 12.4 Å². The molecule has 0 spiro atoms. The van der Waals surface area contributed by atoms with Crippen molar-refractivity contribution in [1.82, 2.24) is 10.6 Å². The number of aliphatic hydroxyl groups is 1. The Morgan fingerprint density at radius 3 is 2.31 bits per heavy atom. The Morgan fingerprint density at radius 2 is 1.69 bits per heavy atom. The minimum Gasteiger partial charge on any atom is -0.456 e. The quantitative estimate of drug-likeness (QED) is 0.219. The summed E-state index contributed by atoms with van der Waals surface area (Å²) in [6, 6.07) is 5.87. The van der Waals surface area contributed by atoms with Crippen LogP contribution < -0.4 is 10.6 Å². The van der Waals surface area contributed by atoms with Gasteiger partial charge in [-0.15, -0.1) is 0 Å². The van der Waals surface area contributed by atoms with Gasteiger partial charge < -0.3 is 34.7 Å². The lowest BCUT2D eigenvalue weighted by Crippen LogP contribution is -2.44. The molecule has 3 fully saturated rings. The van der Waals surface area contributed by atoms with Gasteiger partial charge in [0, 0.05) is 49.4 Å². The predicted octanol–water partition coefficient (Wildman–Crippen LogP) is 2.58. The van der Waals surface area contributed by atoms with Crippen LogP contribution in [0.4, 0.5) is 13.2 Å². The van der Waals surface area contributed by atoms with Gasteiger partial charge in [0.05, 0.1) is 12.2 Å². The molecule has 4 aliphatic rings. The van der Waals surface area contributed by atoms with Crippen molar-refractivity contribution in [3.8, 4) is 0 Å². The Hall–Kier alpha value is -3.75. The van der Waals surface area contributed by atoms with Crippen molar-refractivity contribution in [2.24, 2.45) is 11.8 Å². The van der Waals surface area contributed by atoms with Crippen LogP contribution in [0.15, 0.2) is 42.0 Å². The van der Waals surface area contributed by atoms with E-state index in [2.05, 4.69) is 15.4 Å². The molecule has 0 aromatic heterocycles. The van der Waals surface area contributed by atoms with Gasteiger partial charge in [0.1, 0.15) is 18.3 Å². The van der Waals surface area contributed by atoms with Crippen LogP contribution in [-0.2, 0) is 33.3 Å². The number of carbonyl (C=O) groups excluding carboxylic acids is 4. The van der Waals surface area contributed by atoms with Crippen LogP contribution >= 0.6 is 0 Å². The van der Waals surface area contributed by atoms with Crippen LogP contribution in [0.1, 0.15) is 54.4 Å². The number of fused-ring (bicyclic) bond motifs is 1. The molecule has 1 aliphatic heterocycles. The highest BCUT2D eigenvalue weighted by Crippen LogP contribution is 2.59. The van der Waals surface area contributed by atoms with Crippen LogP contribution in [-0.4, -0.2) is 85.4 Å². The number of carbonyl (C=O) groups is 4. The molecule has 2 saturated carbocycles. The molecule has 14 heteroatoms. The Bertz CT molecular complexity index is 1320. The summed E-state index contributed by atoms with van der Waals surface area (Å²) in [5.41, 5.74) is 0.951. The van der Waals surface area contributed by atoms with Crippen LogP contribution in [0, 0.1) is 11.8 Å². The van der Waals surface area contributed by atoms with Crippen molar-refractivity contribution in [2.75, 3.05) is 26.3 Å². The maximum atomic E-state index is 13.2. The molecule has 3 aliphatic carbocycles. The Morgan fingerprint density at radius 1 is 1.00 bits per heavy atom. The fourth-order valence-electron chi connectivity index (χ4n) is 5.56. The minimum absolute atomic E-state index is 0.0233. The average Bonchev–Trinajstić information content (AvgIpc) is 3.95. The smallest absolute Gasteiger partial charge is 0.422 e. The molecule has 0 bridgehead atoms. The third kappa shape index (κ3) is 8.50. The lowest BCUT2D eigenvalue weighted by molar-refractivity contribution is -0.209. The van der Waals surface area contributed by atoms with E-state index in [-0.39, 0.29) is 55.8 Å². The highest BCUT2D eigenvalue weighted by Gasteiger charge is 2.64. The van der Waals surface area contributed by atoms with E-state index in [1.54, 1.807) is 6.08 Å². The van der Waals surface area contributed by atoms with Gasteiger partial charge >= 0.3 is 18.1 Å². The second-order valence-corrected chi connectivity index (χ2v) is 11.5. The molecular formula is C31H35F3N2O9. The van der Waals surface area contributed by atoms with Crippen molar-refractivity contribution in [3.05, 3.63) is 53.1 Å². The molecule has 11 nitrogen and oxygen atoms in total. The molecule has 3 atom stereocenters. The summed E-state index contributed by atoms with van der Waals surface area (Å²) in [4.78, 5) is 49.7. The first-order valence-corrected chi connectivity index (χ1v) is 14.9. The number of alkyl halides is 3. The number of nitrogens with one attached hydrogen (secondary N) is 2. The summed E-state index contributed by atoms with van der Waals surface area (Å²) in [7, 11) is 0. The third-order valence-electron chi connectivity index (χ3n) is 7.97. The third-order valence-corrected chi connectivity index (χ3v) is 7.97. The highest BCUT2D eigenvalue weighted by molar-refractivity contribution is 5.94. The summed E-state index contributed by atoms with van der Waals surface area (Å²) >= 11 is 0. The number of hydrogen-bond donors (Lipinski definition) is 3. The topological polar surface area (TPSA) is 149 Å². The van der Waals surface area contributed by atoms with Crippen LogP contribution in [0.25, 0.3) is 6.08 Å². The number of hydrogen-bond acceptors (Lipinski definition) is 9. The first-order valence-electron chi connectivity index (χ1n) is 14.9. The molecule has 2 amide bonds. The SMILES string of the molecule is O=C(CCNC(=O)C1=CC2OC(C3CC3)(C3CC3)OC2C(OC(=O)c2ccc(C=CC(=O)OCC(F)(F)F)cc2)C1)NCCO. The Labute approximate surface area is 257 Å². The fourth-order valence-corrected chi connectivity index (χ4v) is 5.56. The number of rotatable bonds is 13. The zero-order valence-corrected chi connectivity index (χ0v) is 24.3. The summed E-state index contributed by atoms with van der Waals surface area (Å²) in [6.07, 6.45) is 1.07. The van der Waals surface area contributed by atoms with Gasteiger partial charge in [0.2, 0.25) is 11.8 Å². The van der Waals surface area contributed by atoms with Crippen LogP contribution in [0.2, 0.25) is 0 Å². The van der Waals surface area contributed by atoms with E-state index in [9.17, 15) is 32.3 Å². The van der Waals surface area contributed by atoms with Gasteiger partial charge in [-0.2, -0.15) is 13.2 Å².